The summed E-state index contributed by atoms with van der Waals surface area (Å²) in [6, 6.07) is 6.70. The summed E-state index contributed by atoms with van der Waals surface area (Å²) in [5.41, 5.74) is -0.868. The lowest BCUT2D eigenvalue weighted by molar-refractivity contribution is -0.138. The van der Waals surface area contributed by atoms with Crippen molar-refractivity contribution in [3.63, 3.8) is 0 Å². The number of hydrogen-bond donors (Lipinski definition) is 0. The number of halogens is 4. The fourth-order valence-electron chi connectivity index (χ4n) is 1.54. The van der Waals surface area contributed by atoms with E-state index in [0.29, 0.717) is 10.3 Å². The predicted molar refractivity (Wildman–Crippen MR) is 66.7 cm³/mol. The summed E-state index contributed by atoms with van der Waals surface area (Å²) in [6.45, 7) is -0.0117. The molecule has 2 aromatic rings. The van der Waals surface area contributed by atoms with Crippen LogP contribution in [0.2, 0.25) is 0 Å². The minimum absolute atomic E-state index is 0.0117. The average Bonchev–Trinajstić information content (AvgIpc) is 2.30. The number of rotatable bonds is 2. The van der Waals surface area contributed by atoms with Crippen LogP contribution in [0.5, 0.6) is 0 Å². The van der Waals surface area contributed by atoms with Crippen LogP contribution in [0.15, 0.2) is 45.9 Å². The van der Waals surface area contributed by atoms with Gasteiger partial charge < -0.3 is 4.57 Å². The van der Waals surface area contributed by atoms with Crippen LogP contribution in [-0.4, -0.2) is 9.55 Å². The van der Waals surface area contributed by atoms with Crippen molar-refractivity contribution in [2.75, 3.05) is 0 Å². The summed E-state index contributed by atoms with van der Waals surface area (Å²) in [6.07, 6.45) is -3.68. The molecule has 0 atom stereocenters. The zero-order valence-corrected chi connectivity index (χ0v) is 11.1. The lowest BCUT2D eigenvalue weighted by Crippen LogP contribution is -2.22. The largest absolute Gasteiger partial charge is 0.417 e. The van der Waals surface area contributed by atoms with Crippen LogP contribution in [0.1, 0.15) is 11.3 Å². The zero-order chi connectivity index (χ0) is 14.0. The molecule has 2 aromatic heterocycles. The molecule has 0 unspecified atom stereocenters. The van der Waals surface area contributed by atoms with Gasteiger partial charge in [0.05, 0.1) is 17.8 Å². The van der Waals surface area contributed by atoms with E-state index >= 15 is 0 Å². The molecule has 2 rings (SSSR count). The summed E-state index contributed by atoms with van der Waals surface area (Å²) < 4.78 is 39.2. The molecule has 0 aliphatic rings. The zero-order valence-electron chi connectivity index (χ0n) is 9.49. The standard InChI is InChI=1S/C12H8BrF3N2O/c13-10-3-1-2-9(17-10)7-18-6-8(12(14,15)16)4-5-11(18)19/h1-6H,7H2. The van der Waals surface area contributed by atoms with Crippen LogP contribution >= 0.6 is 15.9 Å². The second-order valence-corrected chi connectivity index (χ2v) is 4.65. The van der Waals surface area contributed by atoms with E-state index in [9.17, 15) is 18.0 Å². The first-order valence-corrected chi connectivity index (χ1v) is 6.05. The van der Waals surface area contributed by atoms with Crippen LogP contribution in [0, 0.1) is 0 Å². The first kappa shape index (κ1) is 13.8. The number of aromatic nitrogens is 2. The van der Waals surface area contributed by atoms with E-state index in [2.05, 4.69) is 20.9 Å². The molecule has 7 heteroatoms. The third-order valence-electron chi connectivity index (χ3n) is 2.42. The van der Waals surface area contributed by atoms with E-state index in [4.69, 9.17) is 0 Å². The van der Waals surface area contributed by atoms with Gasteiger partial charge in [0.2, 0.25) is 0 Å². The molecule has 19 heavy (non-hydrogen) atoms. The smallest absolute Gasteiger partial charge is 0.309 e. The molecule has 0 fully saturated rings. The van der Waals surface area contributed by atoms with Crippen molar-refractivity contribution >= 4 is 15.9 Å². The van der Waals surface area contributed by atoms with Gasteiger partial charge in [0, 0.05) is 12.3 Å². The lowest BCUT2D eigenvalue weighted by Gasteiger charge is -2.10. The summed E-state index contributed by atoms with van der Waals surface area (Å²) in [5.74, 6) is 0. The van der Waals surface area contributed by atoms with Crippen LogP contribution in [0.4, 0.5) is 13.2 Å². The highest BCUT2D eigenvalue weighted by Gasteiger charge is 2.31. The van der Waals surface area contributed by atoms with E-state index in [0.717, 1.165) is 22.9 Å². The van der Waals surface area contributed by atoms with Gasteiger partial charge in [0.25, 0.3) is 5.56 Å². The molecule has 0 amide bonds. The molecule has 0 spiro atoms. The van der Waals surface area contributed by atoms with Crippen molar-refractivity contribution in [1.29, 1.82) is 0 Å². The van der Waals surface area contributed by atoms with Crippen LogP contribution in [-0.2, 0) is 12.7 Å². The Morgan fingerprint density at radius 2 is 1.95 bits per heavy atom. The molecule has 0 saturated heterocycles. The normalized spacial score (nSPS) is 11.6. The summed E-state index contributed by atoms with van der Waals surface area (Å²) in [7, 11) is 0. The predicted octanol–water partition coefficient (Wildman–Crippen LogP) is 3.07. The number of alkyl halides is 3. The van der Waals surface area contributed by atoms with Gasteiger partial charge >= 0.3 is 6.18 Å². The van der Waals surface area contributed by atoms with Gasteiger partial charge in [-0.05, 0) is 34.1 Å². The van der Waals surface area contributed by atoms with Gasteiger partial charge in [-0.3, -0.25) is 4.79 Å². The topological polar surface area (TPSA) is 34.9 Å². The second kappa shape index (κ2) is 5.16. The van der Waals surface area contributed by atoms with Gasteiger partial charge in [-0.15, -0.1) is 0 Å². The highest BCUT2D eigenvalue weighted by atomic mass is 79.9. The minimum atomic E-state index is -4.47. The number of pyridine rings is 2. The van der Waals surface area contributed by atoms with Crippen molar-refractivity contribution in [3.8, 4) is 0 Å². The third-order valence-corrected chi connectivity index (χ3v) is 2.86. The van der Waals surface area contributed by atoms with Crippen molar-refractivity contribution < 1.29 is 13.2 Å². The molecule has 0 N–H and O–H groups in total. The average molecular weight is 333 g/mol. The van der Waals surface area contributed by atoms with E-state index in [-0.39, 0.29) is 6.54 Å². The molecule has 2 heterocycles. The maximum Gasteiger partial charge on any atom is 0.417 e. The Morgan fingerprint density at radius 1 is 1.21 bits per heavy atom. The maximum absolute atomic E-state index is 12.6. The summed E-state index contributed by atoms with van der Waals surface area (Å²) in [5, 5.41) is 0. The molecule has 0 aliphatic carbocycles. The molecule has 100 valence electrons. The van der Waals surface area contributed by atoms with Crippen molar-refractivity contribution in [2.24, 2.45) is 0 Å². The lowest BCUT2D eigenvalue weighted by atomic mass is 10.2. The van der Waals surface area contributed by atoms with Crippen molar-refractivity contribution in [1.82, 2.24) is 9.55 Å². The Morgan fingerprint density at radius 3 is 2.58 bits per heavy atom. The van der Waals surface area contributed by atoms with Gasteiger partial charge in [-0.2, -0.15) is 13.2 Å². The van der Waals surface area contributed by atoms with E-state index in [1.165, 1.54) is 0 Å². The monoisotopic (exact) mass is 332 g/mol. The SMILES string of the molecule is O=c1ccc(C(F)(F)F)cn1Cc1cccc(Br)n1. The fraction of sp³-hybridized carbons (Fsp3) is 0.167. The first-order valence-electron chi connectivity index (χ1n) is 5.25. The molecule has 0 saturated carbocycles. The molecule has 0 aromatic carbocycles. The quantitative estimate of drug-likeness (QED) is 0.792. The fourth-order valence-corrected chi connectivity index (χ4v) is 1.92. The Balaban J connectivity index is 2.37. The second-order valence-electron chi connectivity index (χ2n) is 3.83. The molecule has 0 aliphatic heterocycles. The molecule has 3 nitrogen and oxygen atoms in total. The highest BCUT2D eigenvalue weighted by Crippen LogP contribution is 2.28. The first-order chi connectivity index (χ1) is 8.86. The van der Waals surface area contributed by atoms with Gasteiger partial charge in [-0.1, -0.05) is 6.07 Å². The van der Waals surface area contributed by atoms with Crippen LogP contribution < -0.4 is 5.56 Å². The highest BCUT2D eigenvalue weighted by molar-refractivity contribution is 9.10. The molecular formula is C12H8BrF3N2O. The van der Waals surface area contributed by atoms with E-state index < -0.39 is 17.3 Å². The van der Waals surface area contributed by atoms with Gasteiger partial charge in [-0.25, -0.2) is 4.98 Å². The van der Waals surface area contributed by atoms with Crippen LogP contribution in [0.3, 0.4) is 0 Å². The molecule has 0 bridgehead atoms. The summed E-state index contributed by atoms with van der Waals surface area (Å²) >= 11 is 3.16. The Bertz CT molecular complexity index is 652. The van der Waals surface area contributed by atoms with Gasteiger partial charge in [0.15, 0.2) is 0 Å². The van der Waals surface area contributed by atoms with Crippen molar-refractivity contribution in [2.45, 2.75) is 12.7 Å². The maximum atomic E-state index is 12.6. The third kappa shape index (κ3) is 3.44. The summed E-state index contributed by atoms with van der Waals surface area (Å²) in [4.78, 5) is 15.6. The van der Waals surface area contributed by atoms with E-state index in [1.54, 1.807) is 18.2 Å². The van der Waals surface area contributed by atoms with Gasteiger partial charge in [0.1, 0.15) is 4.60 Å². The Labute approximate surface area is 114 Å². The van der Waals surface area contributed by atoms with Crippen molar-refractivity contribution in [3.05, 3.63) is 62.7 Å². The Hall–Kier alpha value is -1.63. The molecule has 0 radical (unpaired) electrons. The Kier molecular flexibility index (Phi) is 3.75. The molecular weight excluding hydrogens is 325 g/mol. The minimum Gasteiger partial charge on any atom is -0.309 e. The number of hydrogen-bond acceptors (Lipinski definition) is 2. The van der Waals surface area contributed by atoms with E-state index in [1.807, 2.05) is 0 Å². The number of nitrogens with zero attached hydrogens (tertiary/aromatic N) is 2. The van der Waals surface area contributed by atoms with Crippen LogP contribution in [0.25, 0.3) is 0 Å².